The van der Waals surface area contributed by atoms with E-state index in [-0.39, 0.29) is 5.54 Å². The predicted octanol–water partition coefficient (Wildman–Crippen LogP) is 6.65. The van der Waals surface area contributed by atoms with E-state index in [0.717, 1.165) is 5.69 Å². The molecule has 1 aromatic rings. The van der Waals surface area contributed by atoms with Crippen LogP contribution < -0.4 is 0 Å². The van der Waals surface area contributed by atoms with Crippen molar-refractivity contribution in [3.8, 4) is 0 Å². The number of azo groups is 1. The first kappa shape index (κ1) is 22.0. The Morgan fingerprint density at radius 1 is 0.722 bits per heavy atom. The summed E-state index contributed by atoms with van der Waals surface area (Å²) < 4.78 is 0. The van der Waals surface area contributed by atoms with Gasteiger partial charge in [0.2, 0.25) is 0 Å². The molecule has 0 unspecified atom stereocenters. The summed E-state index contributed by atoms with van der Waals surface area (Å²) in [5.74, 6) is 0. The molecule has 2 heteroatoms. The molecule has 0 aliphatic heterocycles. The van der Waals surface area contributed by atoms with E-state index in [1.807, 2.05) is 92.6 Å². The topological polar surface area (TPSA) is 24.7 Å². The second-order valence-electron chi connectivity index (χ2n) is 3.71. The lowest BCUT2D eigenvalue weighted by Gasteiger charge is -2.08. The molecule has 0 saturated carbocycles. The van der Waals surface area contributed by atoms with Gasteiger partial charge in [-0.1, -0.05) is 59.7 Å². The zero-order valence-corrected chi connectivity index (χ0v) is 13.8. The van der Waals surface area contributed by atoms with Gasteiger partial charge in [-0.25, -0.2) is 0 Å². The molecule has 0 atom stereocenters. The standard InChI is InChI=1S/C10H14N2.3C2H6/c1-10(2,3)12-11-9-7-5-4-6-8-9;3*1-2/h4-8H,1-3H3;3*1-2H3. The van der Waals surface area contributed by atoms with Crippen molar-refractivity contribution < 1.29 is 0 Å². The monoisotopic (exact) mass is 252 g/mol. The highest BCUT2D eigenvalue weighted by Crippen LogP contribution is 2.15. The van der Waals surface area contributed by atoms with Crippen molar-refractivity contribution in [1.82, 2.24) is 0 Å². The molecule has 1 rings (SSSR count). The van der Waals surface area contributed by atoms with Gasteiger partial charge in [0.15, 0.2) is 0 Å². The van der Waals surface area contributed by atoms with Gasteiger partial charge in [-0.05, 0) is 32.9 Å². The Morgan fingerprint density at radius 3 is 1.44 bits per heavy atom. The first-order valence-electron chi connectivity index (χ1n) is 7.06. The molecule has 106 valence electrons. The summed E-state index contributed by atoms with van der Waals surface area (Å²) in [6.07, 6.45) is 0. The number of rotatable bonds is 1. The number of hydrogen-bond donors (Lipinski definition) is 0. The zero-order chi connectivity index (χ0) is 15.0. The van der Waals surface area contributed by atoms with Crippen LogP contribution in [0, 0.1) is 0 Å². The molecule has 1 aromatic carbocycles. The molecular weight excluding hydrogens is 220 g/mol. The summed E-state index contributed by atoms with van der Waals surface area (Å²) in [5.41, 5.74) is 0.822. The van der Waals surface area contributed by atoms with Crippen LogP contribution in [0.5, 0.6) is 0 Å². The largest absolute Gasteiger partial charge is 0.183 e. The van der Waals surface area contributed by atoms with Crippen LogP contribution in [0.3, 0.4) is 0 Å². The van der Waals surface area contributed by atoms with Gasteiger partial charge in [0, 0.05) is 0 Å². The first-order chi connectivity index (χ1) is 8.58. The summed E-state index contributed by atoms with van der Waals surface area (Å²) in [4.78, 5) is 0. The lowest BCUT2D eigenvalue weighted by molar-refractivity contribution is 0.552. The van der Waals surface area contributed by atoms with E-state index in [1.165, 1.54) is 0 Å². The number of hydrogen-bond acceptors (Lipinski definition) is 2. The lowest BCUT2D eigenvalue weighted by atomic mass is 10.1. The van der Waals surface area contributed by atoms with Crippen molar-refractivity contribution in [2.24, 2.45) is 10.2 Å². The Balaban J connectivity index is -0.000000328. The molecule has 0 saturated heterocycles. The van der Waals surface area contributed by atoms with E-state index >= 15 is 0 Å². The van der Waals surface area contributed by atoms with Gasteiger partial charge in [-0.15, -0.1) is 0 Å². The Labute approximate surface area is 115 Å². The van der Waals surface area contributed by atoms with Crippen LogP contribution in [-0.4, -0.2) is 5.54 Å². The van der Waals surface area contributed by atoms with Crippen molar-refractivity contribution in [3.05, 3.63) is 30.3 Å². The number of benzene rings is 1. The van der Waals surface area contributed by atoms with Crippen LogP contribution in [0.4, 0.5) is 5.69 Å². The van der Waals surface area contributed by atoms with E-state index in [2.05, 4.69) is 10.2 Å². The molecule has 0 radical (unpaired) electrons. The highest BCUT2D eigenvalue weighted by atomic mass is 15.1. The van der Waals surface area contributed by atoms with E-state index < -0.39 is 0 Å². The molecule has 0 amide bonds. The average molecular weight is 252 g/mol. The minimum Gasteiger partial charge on any atom is -0.183 e. The van der Waals surface area contributed by atoms with Crippen LogP contribution in [0.1, 0.15) is 62.3 Å². The lowest BCUT2D eigenvalue weighted by Crippen LogP contribution is -2.07. The SMILES string of the molecule is CC.CC.CC.CC(C)(C)N=Nc1ccccc1. The molecule has 0 spiro atoms. The van der Waals surface area contributed by atoms with Gasteiger partial charge in [0.25, 0.3) is 0 Å². The summed E-state index contributed by atoms with van der Waals surface area (Å²) in [6.45, 7) is 18.1. The second kappa shape index (κ2) is 15.8. The van der Waals surface area contributed by atoms with Crippen molar-refractivity contribution >= 4 is 5.69 Å². The average Bonchev–Trinajstić information content (AvgIpc) is 2.44. The minimum atomic E-state index is -0.0875. The second-order valence-corrected chi connectivity index (χ2v) is 3.71. The van der Waals surface area contributed by atoms with Crippen LogP contribution in [0.2, 0.25) is 0 Å². The van der Waals surface area contributed by atoms with Crippen molar-refractivity contribution in [2.75, 3.05) is 0 Å². The zero-order valence-electron chi connectivity index (χ0n) is 13.8. The summed E-state index contributed by atoms with van der Waals surface area (Å²) in [5, 5.41) is 8.25. The summed E-state index contributed by atoms with van der Waals surface area (Å²) in [7, 11) is 0. The third kappa shape index (κ3) is 17.2. The molecule has 0 aliphatic rings. The van der Waals surface area contributed by atoms with E-state index in [1.54, 1.807) is 0 Å². The van der Waals surface area contributed by atoms with Crippen molar-refractivity contribution in [3.63, 3.8) is 0 Å². The van der Waals surface area contributed by atoms with Crippen LogP contribution in [-0.2, 0) is 0 Å². The molecule has 18 heavy (non-hydrogen) atoms. The fraction of sp³-hybridized carbons (Fsp3) is 0.625. The van der Waals surface area contributed by atoms with E-state index in [4.69, 9.17) is 0 Å². The third-order valence-electron chi connectivity index (χ3n) is 1.22. The van der Waals surface area contributed by atoms with Gasteiger partial charge < -0.3 is 0 Å². The molecule has 0 fully saturated rings. The molecule has 0 aliphatic carbocycles. The highest BCUT2D eigenvalue weighted by Gasteiger charge is 2.05. The summed E-state index contributed by atoms with van der Waals surface area (Å²) >= 11 is 0. The van der Waals surface area contributed by atoms with E-state index in [0.29, 0.717) is 0 Å². The Bertz CT molecular complexity index is 258. The van der Waals surface area contributed by atoms with Gasteiger partial charge in [0.05, 0.1) is 11.2 Å². The molecule has 0 bridgehead atoms. The van der Waals surface area contributed by atoms with Gasteiger partial charge in [0.1, 0.15) is 0 Å². The van der Waals surface area contributed by atoms with Crippen LogP contribution in [0.15, 0.2) is 40.6 Å². The fourth-order valence-electron chi connectivity index (χ4n) is 0.702. The molecule has 0 heterocycles. The Kier molecular flexibility index (Phi) is 19.4. The predicted molar refractivity (Wildman–Crippen MR) is 84.8 cm³/mol. The maximum atomic E-state index is 4.15. The molecule has 0 N–H and O–H groups in total. The Morgan fingerprint density at radius 2 is 1.11 bits per heavy atom. The molecular formula is C16H32N2. The van der Waals surface area contributed by atoms with Gasteiger partial charge >= 0.3 is 0 Å². The van der Waals surface area contributed by atoms with E-state index in [9.17, 15) is 0 Å². The van der Waals surface area contributed by atoms with Crippen molar-refractivity contribution in [2.45, 2.75) is 67.9 Å². The van der Waals surface area contributed by atoms with Gasteiger partial charge in [-0.3, -0.25) is 0 Å². The van der Waals surface area contributed by atoms with Crippen LogP contribution >= 0.6 is 0 Å². The fourth-order valence-corrected chi connectivity index (χ4v) is 0.702. The quantitative estimate of drug-likeness (QED) is 0.500. The van der Waals surface area contributed by atoms with Crippen molar-refractivity contribution in [1.29, 1.82) is 0 Å². The normalized spacial score (nSPS) is 9.17. The maximum Gasteiger partial charge on any atom is 0.0852 e. The minimum absolute atomic E-state index is 0.0875. The van der Waals surface area contributed by atoms with Crippen LogP contribution in [0.25, 0.3) is 0 Å². The highest BCUT2D eigenvalue weighted by molar-refractivity contribution is 5.34. The first-order valence-corrected chi connectivity index (χ1v) is 7.06. The molecule has 0 aromatic heterocycles. The molecule has 2 nitrogen and oxygen atoms in total. The smallest absolute Gasteiger partial charge is 0.0852 e. The summed E-state index contributed by atoms with van der Waals surface area (Å²) in [6, 6.07) is 9.76. The maximum absolute atomic E-state index is 4.15. The van der Waals surface area contributed by atoms with Gasteiger partial charge in [-0.2, -0.15) is 10.2 Å². The Hall–Kier alpha value is -1.18. The number of nitrogens with zero attached hydrogens (tertiary/aromatic N) is 2. The third-order valence-corrected chi connectivity index (χ3v) is 1.22.